The van der Waals surface area contributed by atoms with E-state index in [-0.39, 0.29) is 17.1 Å². The number of halogens is 1. The molecule has 9 heteroatoms. The summed E-state index contributed by atoms with van der Waals surface area (Å²) in [6.45, 7) is 1.78. The molecule has 0 saturated carbocycles. The van der Waals surface area contributed by atoms with Crippen LogP contribution in [0, 0.1) is 6.92 Å². The first-order valence-corrected chi connectivity index (χ1v) is 11.9. The fourth-order valence-electron chi connectivity index (χ4n) is 3.28. The maximum atomic E-state index is 13.3. The lowest BCUT2D eigenvalue weighted by Gasteiger charge is -2.20. The average Bonchev–Trinajstić information content (AvgIpc) is 2.79. The van der Waals surface area contributed by atoms with E-state index in [4.69, 9.17) is 21.1 Å². The minimum Gasteiger partial charge on any atom is -0.495 e. The van der Waals surface area contributed by atoms with Gasteiger partial charge in [0.05, 0.1) is 19.9 Å². The van der Waals surface area contributed by atoms with E-state index in [1.807, 2.05) is 30.3 Å². The first-order chi connectivity index (χ1) is 15.7. The molecule has 0 saturated heterocycles. The van der Waals surface area contributed by atoms with Gasteiger partial charge in [-0.2, -0.15) is 4.72 Å². The standard InChI is InChI=1S/C24H25ClN2O5S/c1-16-9-11-22(32-3)23(13-16)33(29,30)27-20(14-17-7-5-4-6-8-17)24(28)26-19-15-18(25)10-12-21(19)31-2/h4-13,15,20,27H,14H2,1-3H3,(H,26,28). The molecular formula is C24H25ClN2O5S. The van der Waals surface area contributed by atoms with Gasteiger partial charge in [-0.05, 0) is 54.8 Å². The molecule has 0 aliphatic carbocycles. The lowest BCUT2D eigenvalue weighted by molar-refractivity contribution is -0.117. The molecule has 174 valence electrons. The van der Waals surface area contributed by atoms with Crippen LogP contribution in [0.1, 0.15) is 11.1 Å². The van der Waals surface area contributed by atoms with E-state index in [9.17, 15) is 13.2 Å². The number of benzene rings is 3. The molecule has 0 aliphatic heterocycles. The molecule has 1 unspecified atom stereocenters. The van der Waals surface area contributed by atoms with E-state index < -0.39 is 22.0 Å². The monoisotopic (exact) mass is 488 g/mol. The molecule has 0 radical (unpaired) electrons. The summed E-state index contributed by atoms with van der Waals surface area (Å²) in [5, 5.41) is 3.13. The molecule has 0 aliphatic rings. The zero-order valence-corrected chi connectivity index (χ0v) is 20.0. The Bertz CT molecular complexity index is 1230. The second-order valence-electron chi connectivity index (χ2n) is 7.35. The number of rotatable bonds is 9. The van der Waals surface area contributed by atoms with Crippen molar-refractivity contribution >= 4 is 33.2 Å². The van der Waals surface area contributed by atoms with Gasteiger partial charge in [0, 0.05) is 5.02 Å². The molecule has 3 aromatic rings. The molecular weight excluding hydrogens is 464 g/mol. The normalized spacial score (nSPS) is 12.1. The van der Waals surface area contributed by atoms with Crippen LogP contribution in [0.2, 0.25) is 5.02 Å². The lowest BCUT2D eigenvalue weighted by Crippen LogP contribution is -2.45. The van der Waals surface area contributed by atoms with Crippen LogP contribution >= 0.6 is 11.6 Å². The number of aryl methyl sites for hydroxylation is 1. The summed E-state index contributed by atoms with van der Waals surface area (Å²) >= 11 is 6.07. The van der Waals surface area contributed by atoms with Crippen LogP contribution in [0.15, 0.2) is 71.6 Å². The van der Waals surface area contributed by atoms with Crippen molar-refractivity contribution in [2.24, 2.45) is 0 Å². The van der Waals surface area contributed by atoms with Gasteiger partial charge in [0.15, 0.2) is 0 Å². The number of anilines is 1. The molecule has 1 atom stereocenters. The molecule has 3 aromatic carbocycles. The zero-order chi connectivity index (χ0) is 24.0. The molecule has 0 fully saturated rings. The van der Waals surface area contributed by atoms with Crippen molar-refractivity contribution in [1.82, 2.24) is 4.72 Å². The summed E-state index contributed by atoms with van der Waals surface area (Å²) in [7, 11) is -1.24. The van der Waals surface area contributed by atoms with Crippen LogP contribution in [-0.2, 0) is 21.2 Å². The Morgan fingerprint density at radius 2 is 1.64 bits per heavy atom. The minimum atomic E-state index is -4.10. The van der Waals surface area contributed by atoms with Crippen molar-refractivity contribution in [3.63, 3.8) is 0 Å². The van der Waals surface area contributed by atoms with Gasteiger partial charge in [-0.3, -0.25) is 4.79 Å². The molecule has 3 rings (SSSR count). The number of amides is 1. The number of sulfonamides is 1. The van der Waals surface area contributed by atoms with E-state index in [1.54, 1.807) is 31.2 Å². The van der Waals surface area contributed by atoms with Crippen molar-refractivity contribution in [3.8, 4) is 11.5 Å². The predicted octanol–water partition coefficient (Wildman–Crippen LogP) is 4.19. The second-order valence-corrected chi connectivity index (χ2v) is 9.47. The SMILES string of the molecule is COc1ccc(Cl)cc1NC(=O)C(Cc1ccccc1)NS(=O)(=O)c1cc(C)ccc1OC. The lowest BCUT2D eigenvalue weighted by atomic mass is 10.1. The molecule has 0 heterocycles. The van der Waals surface area contributed by atoms with E-state index >= 15 is 0 Å². The van der Waals surface area contributed by atoms with Gasteiger partial charge in [0.25, 0.3) is 0 Å². The molecule has 7 nitrogen and oxygen atoms in total. The van der Waals surface area contributed by atoms with Crippen molar-refractivity contribution in [3.05, 3.63) is 82.9 Å². The zero-order valence-electron chi connectivity index (χ0n) is 18.5. The predicted molar refractivity (Wildman–Crippen MR) is 129 cm³/mol. The topological polar surface area (TPSA) is 93.7 Å². The molecule has 0 aromatic heterocycles. The first-order valence-electron chi connectivity index (χ1n) is 10.1. The van der Waals surface area contributed by atoms with Gasteiger partial charge in [-0.1, -0.05) is 48.0 Å². The van der Waals surface area contributed by atoms with Crippen LogP contribution in [0.3, 0.4) is 0 Å². The molecule has 0 spiro atoms. The quantitative estimate of drug-likeness (QED) is 0.471. The van der Waals surface area contributed by atoms with Crippen LogP contribution in [0.25, 0.3) is 0 Å². The minimum absolute atomic E-state index is 0.0452. The third kappa shape index (κ3) is 6.25. The van der Waals surface area contributed by atoms with Crippen LogP contribution < -0.4 is 19.5 Å². The fourth-order valence-corrected chi connectivity index (χ4v) is 4.90. The van der Waals surface area contributed by atoms with Crippen molar-refractivity contribution < 1.29 is 22.7 Å². The number of hydrogen-bond donors (Lipinski definition) is 2. The smallest absolute Gasteiger partial charge is 0.245 e. The Morgan fingerprint density at radius 3 is 2.30 bits per heavy atom. The third-order valence-corrected chi connectivity index (χ3v) is 6.65. The summed E-state index contributed by atoms with van der Waals surface area (Å²) in [6.07, 6.45) is 0.128. The third-order valence-electron chi connectivity index (χ3n) is 4.92. The van der Waals surface area contributed by atoms with E-state index in [0.29, 0.717) is 16.5 Å². The van der Waals surface area contributed by atoms with Gasteiger partial charge < -0.3 is 14.8 Å². The Hall–Kier alpha value is -3.07. The number of carbonyl (C=O) groups is 1. The van der Waals surface area contributed by atoms with Crippen molar-refractivity contribution in [2.75, 3.05) is 19.5 Å². The second kappa shape index (κ2) is 10.7. The molecule has 2 N–H and O–H groups in total. The van der Waals surface area contributed by atoms with E-state index in [2.05, 4.69) is 10.0 Å². The average molecular weight is 489 g/mol. The summed E-state index contributed by atoms with van der Waals surface area (Å²) in [5.41, 5.74) is 1.86. The van der Waals surface area contributed by atoms with Gasteiger partial charge >= 0.3 is 0 Å². The number of ether oxygens (including phenoxy) is 2. The maximum absolute atomic E-state index is 13.3. The van der Waals surface area contributed by atoms with Crippen LogP contribution in [0.4, 0.5) is 5.69 Å². The largest absolute Gasteiger partial charge is 0.495 e. The van der Waals surface area contributed by atoms with Crippen molar-refractivity contribution in [2.45, 2.75) is 24.3 Å². The number of nitrogens with one attached hydrogen (secondary N) is 2. The molecule has 33 heavy (non-hydrogen) atoms. The Kier molecular flexibility index (Phi) is 7.97. The number of hydrogen-bond acceptors (Lipinski definition) is 5. The maximum Gasteiger partial charge on any atom is 0.245 e. The number of carbonyl (C=O) groups excluding carboxylic acids is 1. The summed E-state index contributed by atoms with van der Waals surface area (Å²) in [5.74, 6) is 0.0208. The Balaban J connectivity index is 1.96. The number of methoxy groups -OCH3 is 2. The van der Waals surface area contributed by atoms with Gasteiger partial charge in [-0.15, -0.1) is 0 Å². The molecule has 0 bridgehead atoms. The highest BCUT2D eigenvalue weighted by atomic mass is 35.5. The first kappa shape index (κ1) is 24.6. The Morgan fingerprint density at radius 1 is 0.970 bits per heavy atom. The van der Waals surface area contributed by atoms with Crippen molar-refractivity contribution in [1.29, 1.82) is 0 Å². The highest BCUT2D eigenvalue weighted by molar-refractivity contribution is 7.89. The van der Waals surface area contributed by atoms with E-state index in [1.165, 1.54) is 26.4 Å². The fraction of sp³-hybridized carbons (Fsp3) is 0.208. The van der Waals surface area contributed by atoms with Crippen LogP contribution in [-0.4, -0.2) is 34.6 Å². The summed E-state index contributed by atoms with van der Waals surface area (Å²) in [4.78, 5) is 13.2. The highest BCUT2D eigenvalue weighted by Gasteiger charge is 2.29. The van der Waals surface area contributed by atoms with Gasteiger partial charge in [0.1, 0.15) is 22.4 Å². The summed E-state index contributed by atoms with van der Waals surface area (Å²) < 4.78 is 39.6. The van der Waals surface area contributed by atoms with Gasteiger partial charge in [-0.25, -0.2) is 8.42 Å². The van der Waals surface area contributed by atoms with Gasteiger partial charge in [0.2, 0.25) is 15.9 Å². The van der Waals surface area contributed by atoms with E-state index in [0.717, 1.165) is 11.1 Å². The highest BCUT2D eigenvalue weighted by Crippen LogP contribution is 2.29. The Labute approximate surface area is 198 Å². The van der Waals surface area contributed by atoms with Crippen LogP contribution in [0.5, 0.6) is 11.5 Å². The molecule has 1 amide bonds. The summed E-state index contributed by atoms with van der Waals surface area (Å²) in [6, 6.07) is 17.6.